The monoisotopic (exact) mass is 224 g/mol. The van der Waals surface area contributed by atoms with E-state index in [-0.39, 0.29) is 0 Å². The molecule has 1 heteroatoms. The van der Waals surface area contributed by atoms with E-state index in [1.54, 1.807) is 0 Å². The van der Waals surface area contributed by atoms with Gasteiger partial charge >= 0.3 is 0 Å². The van der Waals surface area contributed by atoms with Crippen LogP contribution in [0.2, 0.25) is 0 Å². The van der Waals surface area contributed by atoms with E-state index in [4.69, 9.17) is 0 Å². The summed E-state index contributed by atoms with van der Waals surface area (Å²) in [6.07, 6.45) is 13.1. The molecule has 0 amide bonds. The molecule has 1 atom stereocenters. The van der Waals surface area contributed by atoms with Gasteiger partial charge in [-0.25, -0.2) is 0 Å². The van der Waals surface area contributed by atoms with Crippen LogP contribution in [0.4, 0.5) is 0 Å². The highest BCUT2D eigenvalue weighted by atomic mass is 31.0. The molecular formula is C14H25P. The topological polar surface area (TPSA) is 0 Å². The van der Waals surface area contributed by atoms with Gasteiger partial charge in [0.1, 0.15) is 0 Å². The van der Waals surface area contributed by atoms with Crippen molar-refractivity contribution >= 4 is 9.24 Å². The number of unbranched alkanes of at least 4 members (excludes halogenated alkanes) is 1. The molecule has 86 valence electrons. The maximum Gasteiger partial charge on any atom is -0.0206 e. The van der Waals surface area contributed by atoms with E-state index >= 15 is 0 Å². The smallest absolute Gasteiger partial charge is 0.0206 e. The summed E-state index contributed by atoms with van der Waals surface area (Å²) < 4.78 is 0. The Balaban J connectivity index is 2.15. The number of rotatable bonds is 5. The lowest BCUT2D eigenvalue weighted by atomic mass is 9.83. The van der Waals surface area contributed by atoms with Crippen LogP contribution in [-0.4, -0.2) is 0 Å². The Morgan fingerprint density at radius 3 is 2.60 bits per heavy atom. The summed E-state index contributed by atoms with van der Waals surface area (Å²) in [6.45, 7) is 6.41. The predicted molar refractivity (Wildman–Crippen MR) is 73.0 cm³/mol. The van der Waals surface area contributed by atoms with Crippen LogP contribution in [0.5, 0.6) is 0 Å². The van der Waals surface area contributed by atoms with Gasteiger partial charge in [-0.1, -0.05) is 42.8 Å². The van der Waals surface area contributed by atoms with Crippen molar-refractivity contribution in [3.05, 3.63) is 23.5 Å². The lowest BCUT2D eigenvalue weighted by molar-refractivity contribution is 0.394. The quantitative estimate of drug-likeness (QED) is 0.347. The van der Waals surface area contributed by atoms with Gasteiger partial charge in [-0.05, 0) is 44.9 Å². The predicted octanol–water partition coefficient (Wildman–Crippen LogP) is 5.07. The fraction of sp³-hybridized carbons (Fsp3) is 0.714. The second-order valence-corrected chi connectivity index (χ2v) is 5.74. The summed E-state index contributed by atoms with van der Waals surface area (Å²) in [7, 11) is 2.75. The molecule has 1 aliphatic carbocycles. The number of hydrogen-bond acceptors (Lipinski definition) is 0. The van der Waals surface area contributed by atoms with Crippen LogP contribution in [0.1, 0.15) is 58.3 Å². The molecule has 0 nitrogen and oxygen atoms in total. The van der Waals surface area contributed by atoms with Crippen molar-refractivity contribution in [3.8, 4) is 0 Å². The minimum Gasteiger partial charge on any atom is -0.111 e. The molecule has 0 aliphatic heterocycles. The van der Waals surface area contributed by atoms with Gasteiger partial charge in [0.05, 0.1) is 0 Å². The summed E-state index contributed by atoms with van der Waals surface area (Å²) in [5, 5.41) is 1.36. The number of allylic oxidation sites excluding steroid dienone is 3. The van der Waals surface area contributed by atoms with Crippen LogP contribution in [0.3, 0.4) is 0 Å². The van der Waals surface area contributed by atoms with Gasteiger partial charge in [0.15, 0.2) is 0 Å². The largest absolute Gasteiger partial charge is 0.111 e. The maximum atomic E-state index is 4.27. The highest BCUT2D eigenvalue weighted by molar-refractivity contribution is 7.22. The van der Waals surface area contributed by atoms with Gasteiger partial charge < -0.3 is 0 Å². The van der Waals surface area contributed by atoms with Crippen LogP contribution in [0.15, 0.2) is 23.5 Å². The normalized spacial score (nSPS) is 19.2. The van der Waals surface area contributed by atoms with Gasteiger partial charge in [0, 0.05) is 0 Å². The third-order valence-corrected chi connectivity index (χ3v) is 3.59. The second-order valence-electron chi connectivity index (χ2n) is 4.83. The first kappa shape index (κ1) is 13.0. The summed E-state index contributed by atoms with van der Waals surface area (Å²) in [6, 6.07) is 0. The van der Waals surface area contributed by atoms with Gasteiger partial charge in [-0.15, -0.1) is 9.24 Å². The van der Waals surface area contributed by atoms with E-state index in [0.717, 1.165) is 5.92 Å². The van der Waals surface area contributed by atoms with E-state index in [2.05, 4.69) is 28.8 Å². The Labute approximate surface area is 97.4 Å². The minimum atomic E-state index is 0.847. The Bertz CT molecular complexity index is 217. The lowest BCUT2D eigenvalue weighted by Crippen LogP contribution is -2.08. The minimum absolute atomic E-state index is 0.847. The molecule has 0 bridgehead atoms. The molecule has 0 heterocycles. The first-order valence-electron chi connectivity index (χ1n) is 6.30. The Morgan fingerprint density at radius 1 is 1.33 bits per heavy atom. The Hall–Kier alpha value is -0.0900. The van der Waals surface area contributed by atoms with Crippen molar-refractivity contribution in [1.29, 1.82) is 0 Å². The van der Waals surface area contributed by atoms with Crippen LogP contribution >= 0.6 is 9.24 Å². The van der Waals surface area contributed by atoms with E-state index in [1.807, 2.05) is 0 Å². The van der Waals surface area contributed by atoms with Crippen LogP contribution in [-0.2, 0) is 0 Å². The zero-order valence-corrected chi connectivity index (χ0v) is 11.3. The molecule has 0 radical (unpaired) electrons. The van der Waals surface area contributed by atoms with Crippen molar-refractivity contribution in [2.24, 2.45) is 5.92 Å². The summed E-state index contributed by atoms with van der Waals surface area (Å²) >= 11 is 0. The molecule has 0 saturated heterocycles. The third kappa shape index (κ3) is 5.52. The SMILES string of the molecule is C=C(CCC/C=C(/C)P)C1CCCCC1. The fourth-order valence-electron chi connectivity index (χ4n) is 2.37. The van der Waals surface area contributed by atoms with Crippen LogP contribution in [0.25, 0.3) is 0 Å². The van der Waals surface area contributed by atoms with Gasteiger partial charge in [-0.3, -0.25) is 0 Å². The first-order chi connectivity index (χ1) is 7.20. The molecule has 0 aromatic heterocycles. The number of hydrogen-bond donors (Lipinski definition) is 0. The van der Waals surface area contributed by atoms with E-state index in [1.165, 1.54) is 62.3 Å². The molecule has 1 aliphatic rings. The van der Waals surface area contributed by atoms with Crippen molar-refractivity contribution in [2.75, 3.05) is 0 Å². The standard InChI is InChI=1S/C14H25P/c1-12(8-6-7-9-13(2)15)14-10-4-3-5-11-14/h9,14H,1,3-8,10-11,15H2,2H3/b13-9-. The molecule has 0 N–H and O–H groups in total. The van der Waals surface area contributed by atoms with Crippen molar-refractivity contribution in [1.82, 2.24) is 0 Å². The van der Waals surface area contributed by atoms with Crippen LogP contribution in [0, 0.1) is 5.92 Å². The lowest BCUT2D eigenvalue weighted by Gasteiger charge is -2.23. The molecule has 1 unspecified atom stereocenters. The molecular weight excluding hydrogens is 199 g/mol. The molecule has 0 aromatic carbocycles. The molecule has 0 spiro atoms. The van der Waals surface area contributed by atoms with Crippen molar-refractivity contribution < 1.29 is 0 Å². The molecule has 15 heavy (non-hydrogen) atoms. The molecule has 0 aromatic rings. The Morgan fingerprint density at radius 2 is 2.00 bits per heavy atom. The van der Waals surface area contributed by atoms with Gasteiger partial charge in [-0.2, -0.15) is 0 Å². The average molecular weight is 224 g/mol. The summed E-state index contributed by atoms with van der Waals surface area (Å²) in [5.74, 6) is 0.847. The third-order valence-electron chi connectivity index (χ3n) is 3.35. The first-order valence-corrected chi connectivity index (χ1v) is 6.88. The highest BCUT2D eigenvalue weighted by Gasteiger charge is 2.15. The summed E-state index contributed by atoms with van der Waals surface area (Å²) in [4.78, 5) is 0. The summed E-state index contributed by atoms with van der Waals surface area (Å²) in [5.41, 5.74) is 1.52. The van der Waals surface area contributed by atoms with Gasteiger partial charge in [0.25, 0.3) is 0 Å². The van der Waals surface area contributed by atoms with E-state index in [9.17, 15) is 0 Å². The molecule has 1 rings (SSSR count). The van der Waals surface area contributed by atoms with Crippen LogP contribution < -0.4 is 0 Å². The van der Waals surface area contributed by atoms with E-state index < -0.39 is 0 Å². The molecule has 1 fully saturated rings. The molecule has 1 saturated carbocycles. The highest BCUT2D eigenvalue weighted by Crippen LogP contribution is 2.31. The average Bonchev–Trinajstić information content (AvgIpc) is 2.25. The zero-order valence-electron chi connectivity index (χ0n) is 10.1. The second kappa shape index (κ2) is 7.23. The fourth-order valence-corrected chi connectivity index (χ4v) is 2.54. The maximum absolute atomic E-state index is 4.27. The zero-order chi connectivity index (χ0) is 11.1. The van der Waals surface area contributed by atoms with Gasteiger partial charge in [0.2, 0.25) is 0 Å². The van der Waals surface area contributed by atoms with Crippen molar-refractivity contribution in [3.63, 3.8) is 0 Å². The Kier molecular flexibility index (Phi) is 6.25. The van der Waals surface area contributed by atoms with Crippen molar-refractivity contribution in [2.45, 2.75) is 58.3 Å². The van der Waals surface area contributed by atoms with E-state index in [0.29, 0.717) is 0 Å².